The van der Waals surface area contributed by atoms with E-state index < -0.39 is 0 Å². The second kappa shape index (κ2) is 8.51. The number of nitrogens with zero attached hydrogens (tertiary/aromatic N) is 2. The van der Waals surface area contributed by atoms with E-state index in [0.29, 0.717) is 0 Å². The number of nitrogens with one attached hydrogen (secondary N) is 1. The van der Waals surface area contributed by atoms with E-state index in [1.807, 2.05) is 42.6 Å². The zero-order chi connectivity index (χ0) is 22.8. The minimum atomic E-state index is -0.244. The van der Waals surface area contributed by atoms with Crippen LogP contribution >= 0.6 is 0 Å². The lowest BCUT2D eigenvalue weighted by atomic mass is 10.1. The number of phenols is 2. The van der Waals surface area contributed by atoms with E-state index in [9.17, 15) is 15.0 Å². The Balaban J connectivity index is 1.42. The van der Waals surface area contributed by atoms with Gasteiger partial charge in [0.05, 0.1) is 29.5 Å². The second-order valence-corrected chi connectivity index (χ2v) is 7.71. The smallest absolute Gasteiger partial charge is 0.244 e. The first kappa shape index (κ1) is 20.3. The van der Waals surface area contributed by atoms with Gasteiger partial charge in [-0.25, -0.2) is 0 Å². The van der Waals surface area contributed by atoms with Crippen LogP contribution in [0.5, 0.6) is 11.5 Å². The maximum Gasteiger partial charge on any atom is 0.244 e. The molecule has 2 heterocycles. The molecule has 5 aromatic rings. The van der Waals surface area contributed by atoms with E-state index in [0.717, 1.165) is 38.8 Å². The van der Waals surface area contributed by atoms with Crippen LogP contribution in [0.15, 0.2) is 91.1 Å². The molecule has 0 aliphatic heterocycles. The molecule has 0 saturated carbocycles. The van der Waals surface area contributed by atoms with Crippen LogP contribution in [0.3, 0.4) is 0 Å². The largest absolute Gasteiger partial charge is 0.508 e. The Morgan fingerprint density at radius 2 is 1.70 bits per heavy atom. The van der Waals surface area contributed by atoms with E-state index in [1.54, 1.807) is 36.4 Å². The van der Waals surface area contributed by atoms with Gasteiger partial charge in [-0.2, -0.15) is 0 Å². The van der Waals surface area contributed by atoms with E-state index >= 15 is 0 Å². The molecule has 0 aliphatic carbocycles. The highest BCUT2D eigenvalue weighted by Crippen LogP contribution is 2.32. The number of rotatable bonds is 5. The van der Waals surface area contributed by atoms with Gasteiger partial charge in [0.2, 0.25) is 5.91 Å². The lowest BCUT2D eigenvalue weighted by Gasteiger charge is -2.08. The topological polar surface area (TPSA) is 87.4 Å². The van der Waals surface area contributed by atoms with Crippen LogP contribution in [0.25, 0.3) is 33.6 Å². The molecule has 0 radical (unpaired) electrons. The Morgan fingerprint density at radius 1 is 0.879 bits per heavy atom. The van der Waals surface area contributed by atoms with Gasteiger partial charge in [-0.05, 0) is 60.2 Å². The molecule has 0 atom stereocenters. The first-order valence-electron chi connectivity index (χ1n) is 10.5. The van der Waals surface area contributed by atoms with Gasteiger partial charge in [-0.3, -0.25) is 9.78 Å². The number of carbonyl (C=O) groups excluding carboxylic acids is 1. The maximum atomic E-state index is 12.3. The van der Waals surface area contributed by atoms with Crippen molar-refractivity contribution in [1.82, 2.24) is 14.9 Å². The predicted octanol–water partition coefficient (Wildman–Crippen LogP) is 4.92. The average Bonchev–Trinajstić information content (AvgIpc) is 3.16. The van der Waals surface area contributed by atoms with E-state index in [1.165, 1.54) is 6.08 Å². The molecule has 0 saturated heterocycles. The molecular weight excluding hydrogens is 414 g/mol. The summed E-state index contributed by atoms with van der Waals surface area (Å²) in [6.07, 6.45) is 4.90. The molecule has 5 rings (SSSR count). The van der Waals surface area contributed by atoms with Crippen molar-refractivity contribution in [3.8, 4) is 17.2 Å². The van der Waals surface area contributed by atoms with Crippen LogP contribution in [-0.4, -0.2) is 25.7 Å². The molecule has 2 aromatic heterocycles. The average molecular weight is 435 g/mol. The quantitative estimate of drug-likeness (QED) is 0.342. The third-order valence-corrected chi connectivity index (χ3v) is 5.46. The molecule has 6 nitrogen and oxygen atoms in total. The highest BCUT2D eigenvalue weighted by Gasteiger charge is 2.13. The summed E-state index contributed by atoms with van der Waals surface area (Å²) in [5.41, 5.74) is 4.40. The molecule has 0 unspecified atom stereocenters. The number of fused-ring (bicyclic) bond motifs is 3. The number of amides is 1. The SMILES string of the molecule is O=C(/C=C/c1cccc(O)c1)NCc1cc2c3ccccc3n(-c3ccc(O)cc3)c2cn1. The second-order valence-electron chi connectivity index (χ2n) is 7.71. The summed E-state index contributed by atoms with van der Waals surface area (Å²) < 4.78 is 2.11. The number of phenolic OH excluding ortho intramolecular Hbond substituents is 2. The molecule has 3 N–H and O–H groups in total. The fourth-order valence-electron chi connectivity index (χ4n) is 3.93. The number of hydrogen-bond donors (Lipinski definition) is 3. The summed E-state index contributed by atoms with van der Waals surface area (Å²) in [7, 11) is 0. The number of aromatic nitrogens is 2. The van der Waals surface area contributed by atoms with Crippen LogP contribution in [0.1, 0.15) is 11.3 Å². The number of benzene rings is 3. The standard InChI is InChI=1S/C27H21N3O3/c31-21-11-9-20(10-12-21)30-25-7-2-1-6-23(25)24-15-19(28-17-26(24)30)16-29-27(33)13-8-18-4-3-5-22(32)14-18/h1-15,17,31-32H,16H2,(H,29,33)/b13-8+. The van der Waals surface area contributed by atoms with Crippen molar-refractivity contribution in [2.75, 3.05) is 0 Å². The Morgan fingerprint density at radius 3 is 2.52 bits per heavy atom. The van der Waals surface area contributed by atoms with Gasteiger partial charge in [0, 0.05) is 22.5 Å². The highest BCUT2D eigenvalue weighted by molar-refractivity contribution is 6.09. The Kier molecular flexibility index (Phi) is 5.24. The van der Waals surface area contributed by atoms with Crippen molar-refractivity contribution in [3.05, 3.63) is 102 Å². The molecule has 162 valence electrons. The van der Waals surface area contributed by atoms with Crippen LogP contribution < -0.4 is 5.32 Å². The fraction of sp³-hybridized carbons (Fsp3) is 0.0370. The fourth-order valence-corrected chi connectivity index (χ4v) is 3.93. The monoisotopic (exact) mass is 435 g/mol. The summed E-state index contributed by atoms with van der Waals surface area (Å²) in [5.74, 6) is 0.127. The van der Waals surface area contributed by atoms with Gasteiger partial charge in [0.15, 0.2) is 0 Å². The molecule has 6 heteroatoms. The number of carbonyl (C=O) groups is 1. The molecule has 33 heavy (non-hydrogen) atoms. The minimum Gasteiger partial charge on any atom is -0.508 e. The molecule has 0 aliphatic rings. The van der Waals surface area contributed by atoms with E-state index in [-0.39, 0.29) is 24.0 Å². The van der Waals surface area contributed by atoms with Crippen LogP contribution in [0.4, 0.5) is 0 Å². The van der Waals surface area contributed by atoms with Crippen molar-refractivity contribution in [3.63, 3.8) is 0 Å². The lowest BCUT2D eigenvalue weighted by molar-refractivity contribution is -0.116. The van der Waals surface area contributed by atoms with E-state index in [4.69, 9.17) is 0 Å². The van der Waals surface area contributed by atoms with Crippen LogP contribution in [0, 0.1) is 0 Å². The lowest BCUT2D eigenvalue weighted by Crippen LogP contribution is -2.20. The number of para-hydroxylation sites is 1. The van der Waals surface area contributed by atoms with Gasteiger partial charge >= 0.3 is 0 Å². The number of aromatic hydroxyl groups is 2. The Labute approximate surface area is 190 Å². The van der Waals surface area contributed by atoms with Gasteiger partial charge in [0.25, 0.3) is 0 Å². The van der Waals surface area contributed by atoms with Crippen molar-refractivity contribution >= 4 is 33.8 Å². The minimum absolute atomic E-state index is 0.154. The zero-order valence-electron chi connectivity index (χ0n) is 17.6. The third-order valence-electron chi connectivity index (χ3n) is 5.46. The van der Waals surface area contributed by atoms with Crippen LogP contribution in [0.2, 0.25) is 0 Å². The maximum absolute atomic E-state index is 12.3. The molecule has 0 fully saturated rings. The molecule has 1 amide bonds. The van der Waals surface area contributed by atoms with Gasteiger partial charge in [0.1, 0.15) is 11.5 Å². The van der Waals surface area contributed by atoms with Crippen molar-refractivity contribution in [2.45, 2.75) is 6.54 Å². The Hall–Kier alpha value is -4.58. The normalized spacial score (nSPS) is 11.4. The Bertz CT molecular complexity index is 1500. The zero-order valence-corrected chi connectivity index (χ0v) is 17.6. The predicted molar refractivity (Wildman–Crippen MR) is 129 cm³/mol. The summed E-state index contributed by atoms with van der Waals surface area (Å²) in [5, 5.41) is 24.2. The summed E-state index contributed by atoms with van der Waals surface area (Å²) in [4.78, 5) is 16.8. The first-order chi connectivity index (χ1) is 16.1. The number of hydrogen-bond acceptors (Lipinski definition) is 4. The molecule has 0 spiro atoms. The summed E-state index contributed by atoms with van der Waals surface area (Å²) in [6.45, 7) is 0.290. The van der Waals surface area contributed by atoms with Gasteiger partial charge in [-0.1, -0.05) is 30.3 Å². The van der Waals surface area contributed by atoms with Gasteiger partial charge < -0.3 is 20.1 Å². The highest BCUT2D eigenvalue weighted by atomic mass is 16.3. The molecule has 0 bridgehead atoms. The molecule has 3 aromatic carbocycles. The third kappa shape index (κ3) is 4.14. The first-order valence-corrected chi connectivity index (χ1v) is 10.5. The van der Waals surface area contributed by atoms with Crippen LogP contribution in [-0.2, 0) is 11.3 Å². The summed E-state index contributed by atoms with van der Waals surface area (Å²) in [6, 6.07) is 23.9. The van der Waals surface area contributed by atoms with Crippen molar-refractivity contribution in [2.24, 2.45) is 0 Å². The van der Waals surface area contributed by atoms with E-state index in [2.05, 4.69) is 27.0 Å². The van der Waals surface area contributed by atoms with Crippen molar-refractivity contribution in [1.29, 1.82) is 0 Å². The van der Waals surface area contributed by atoms with Gasteiger partial charge in [-0.15, -0.1) is 0 Å². The molecular formula is C27H21N3O3. The summed E-state index contributed by atoms with van der Waals surface area (Å²) >= 11 is 0. The van der Waals surface area contributed by atoms with Crippen molar-refractivity contribution < 1.29 is 15.0 Å². The number of pyridine rings is 1.